The number of non-ortho nitro benzene ring substituents is 1. The van der Waals surface area contributed by atoms with Crippen LogP contribution in [0.15, 0.2) is 72.0 Å². The summed E-state index contributed by atoms with van der Waals surface area (Å²) in [5, 5.41) is 12.8. The zero-order chi connectivity index (χ0) is 20.0. The number of rotatable bonds is 4. The molecule has 1 saturated heterocycles. The van der Waals surface area contributed by atoms with Crippen molar-refractivity contribution in [3.05, 3.63) is 88.5 Å². The van der Waals surface area contributed by atoms with E-state index in [9.17, 15) is 10.1 Å². The fourth-order valence-electron chi connectivity index (χ4n) is 4.06. The maximum atomic E-state index is 11.2. The second-order valence-corrected chi connectivity index (χ2v) is 8.62. The molecule has 1 fully saturated rings. The lowest BCUT2D eigenvalue weighted by molar-refractivity contribution is -0.384. The van der Waals surface area contributed by atoms with E-state index >= 15 is 0 Å². The largest absolute Gasteiger partial charge is 0.339 e. The van der Waals surface area contributed by atoms with Crippen molar-refractivity contribution in [3.63, 3.8) is 0 Å². The van der Waals surface area contributed by atoms with Crippen LogP contribution in [0, 0.1) is 10.1 Å². The van der Waals surface area contributed by atoms with Gasteiger partial charge in [-0.1, -0.05) is 30.8 Å². The van der Waals surface area contributed by atoms with Crippen LogP contribution < -0.4 is 0 Å². The molecule has 3 aromatic rings. The average molecular weight is 405 g/mol. The quantitative estimate of drug-likeness (QED) is 0.476. The minimum Gasteiger partial charge on any atom is -0.339 e. The molecule has 0 aliphatic carbocycles. The van der Waals surface area contributed by atoms with Crippen molar-refractivity contribution in [2.75, 3.05) is 6.54 Å². The third kappa shape index (κ3) is 3.09. The molecular formula is C21H19N5O2S. The SMILES string of the molecule is C[C@@H]1CN2C(=N[C@H](c3ccccn3)[C@H]2c2cccn2-c2cccc([N+](=O)[O-])c2)S1. The van der Waals surface area contributed by atoms with E-state index in [1.165, 1.54) is 6.07 Å². The summed E-state index contributed by atoms with van der Waals surface area (Å²) >= 11 is 1.79. The summed E-state index contributed by atoms with van der Waals surface area (Å²) < 4.78 is 2.03. The smallest absolute Gasteiger partial charge is 0.271 e. The molecule has 2 aliphatic heterocycles. The molecule has 2 aromatic heterocycles. The molecule has 5 rings (SSSR count). The van der Waals surface area contributed by atoms with E-state index in [2.05, 4.69) is 22.9 Å². The molecule has 1 aromatic carbocycles. The van der Waals surface area contributed by atoms with Crippen LogP contribution >= 0.6 is 11.8 Å². The minimum atomic E-state index is -0.362. The number of hydrogen-bond acceptors (Lipinski definition) is 6. The Balaban J connectivity index is 1.60. The van der Waals surface area contributed by atoms with Crippen LogP contribution in [0.3, 0.4) is 0 Å². The van der Waals surface area contributed by atoms with Gasteiger partial charge >= 0.3 is 0 Å². The topological polar surface area (TPSA) is 76.6 Å². The van der Waals surface area contributed by atoms with Gasteiger partial charge in [-0.15, -0.1) is 0 Å². The van der Waals surface area contributed by atoms with Gasteiger partial charge in [-0.2, -0.15) is 0 Å². The molecule has 3 atom stereocenters. The lowest BCUT2D eigenvalue weighted by Crippen LogP contribution is -2.30. The molecule has 0 amide bonds. The van der Waals surface area contributed by atoms with Crippen molar-refractivity contribution in [3.8, 4) is 5.69 Å². The van der Waals surface area contributed by atoms with Gasteiger partial charge in [0.05, 0.1) is 22.3 Å². The van der Waals surface area contributed by atoms with Crippen LogP contribution in [0.5, 0.6) is 0 Å². The Bertz CT molecular complexity index is 1100. The summed E-state index contributed by atoms with van der Waals surface area (Å²) in [5.41, 5.74) is 2.83. The molecular weight excluding hydrogens is 386 g/mol. The van der Waals surface area contributed by atoms with Crippen molar-refractivity contribution in [1.82, 2.24) is 14.5 Å². The predicted octanol–water partition coefficient (Wildman–Crippen LogP) is 4.37. The summed E-state index contributed by atoms with van der Waals surface area (Å²) in [6.07, 6.45) is 3.75. The molecule has 0 saturated carbocycles. The van der Waals surface area contributed by atoms with E-state index in [0.717, 1.165) is 28.8 Å². The maximum Gasteiger partial charge on any atom is 0.271 e. The summed E-state index contributed by atoms with van der Waals surface area (Å²) in [6, 6.07) is 16.6. The van der Waals surface area contributed by atoms with Crippen LogP contribution in [0.4, 0.5) is 5.69 Å². The molecule has 8 heteroatoms. The lowest BCUT2D eigenvalue weighted by atomic mass is 10.0. The highest BCUT2D eigenvalue weighted by Gasteiger charge is 2.44. The van der Waals surface area contributed by atoms with Gasteiger partial charge in [-0.05, 0) is 30.3 Å². The second-order valence-electron chi connectivity index (χ2n) is 7.22. The highest BCUT2D eigenvalue weighted by atomic mass is 32.2. The zero-order valence-corrected chi connectivity index (χ0v) is 16.6. The van der Waals surface area contributed by atoms with Gasteiger partial charge < -0.3 is 9.47 Å². The highest BCUT2D eigenvalue weighted by Crippen LogP contribution is 2.47. The number of thioether (sulfide) groups is 1. The fraction of sp³-hybridized carbons (Fsp3) is 0.238. The fourth-order valence-corrected chi connectivity index (χ4v) is 5.16. The number of aliphatic imine (C=N–C) groups is 1. The Morgan fingerprint density at radius 1 is 1.17 bits per heavy atom. The van der Waals surface area contributed by atoms with Crippen LogP contribution in [-0.4, -0.2) is 36.3 Å². The van der Waals surface area contributed by atoms with Crippen molar-refractivity contribution in [2.45, 2.75) is 24.3 Å². The molecule has 146 valence electrons. The van der Waals surface area contributed by atoms with Gasteiger partial charge in [0.25, 0.3) is 5.69 Å². The van der Waals surface area contributed by atoms with Gasteiger partial charge in [0.15, 0.2) is 5.17 Å². The van der Waals surface area contributed by atoms with Gasteiger partial charge in [-0.3, -0.25) is 20.1 Å². The minimum absolute atomic E-state index is 0.00777. The van der Waals surface area contributed by atoms with E-state index in [1.807, 2.05) is 41.1 Å². The molecule has 0 bridgehead atoms. The van der Waals surface area contributed by atoms with Crippen molar-refractivity contribution in [2.24, 2.45) is 4.99 Å². The summed E-state index contributed by atoms with van der Waals surface area (Å²) in [5.74, 6) is 0. The number of nitro benzene ring substituents is 1. The van der Waals surface area contributed by atoms with E-state index in [-0.39, 0.29) is 22.7 Å². The maximum absolute atomic E-state index is 11.2. The number of nitro groups is 1. The first-order chi connectivity index (χ1) is 14.1. The van der Waals surface area contributed by atoms with Crippen LogP contribution in [0.2, 0.25) is 0 Å². The molecule has 7 nitrogen and oxygen atoms in total. The van der Waals surface area contributed by atoms with Crippen LogP contribution in [0.1, 0.15) is 30.4 Å². The molecule has 29 heavy (non-hydrogen) atoms. The molecule has 2 aliphatic rings. The Hall–Kier alpha value is -3.13. The number of pyridine rings is 1. The summed E-state index contributed by atoms with van der Waals surface area (Å²) in [4.78, 5) is 22.8. The molecule has 0 radical (unpaired) electrons. The Kier molecular flexibility index (Phi) is 4.35. The van der Waals surface area contributed by atoms with Gasteiger partial charge in [0.2, 0.25) is 0 Å². The monoisotopic (exact) mass is 405 g/mol. The number of hydrogen-bond donors (Lipinski definition) is 0. The lowest BCUT2D eigenvalue weighted by Gasteiger charge is -2.28. The average Bonchev–Trinajstić information content (AvgIpc) is 3.42. The first kappa shape index (κ1) is 17.9. The molecule has 4 heterocycles. The van der Waals surface area contributed by atoms with Gasteiger partial charge in [-0.25, -0.2) is 0 Å². The third-order valence-electron chi connectivity index (χ3n) is 5.28. The Morgan fingerprint density at radius 3 is 2.86 bits per heavy atom. The number of nitrogens with zero attached hydrogens (tertiary/aromatic N) is 5. The van der Waals surface area contributed by atoms with Gasteiger partial charge in [0.1, 0.15) is 6.04 Å². The third-order valence-corrected chi connectivity index (χ3v) is 6.39. The number of aromatic nitrogens is 2. The first-order valence-electron chi connectivity index (χ1n) is 9.46. The van der Waals surface area contributed by atoms with Crippen molar-refractivity contribution >= 4 is 22.6 Å². The standard InChI is InChI=1S/C21H19N5O2S/c1-14-13-25-20(19(23-21(25)29-14)17-8-2-3-10-22-17)18-9-5-11-24(18)15-6-4-7-16(12-15)26(27)28/h2-12,14,19-20H,13H2,1H3/t14-,19-,20-/m1/s1. The predicted molar refractivity (Wildman–Crippen MR) is 113 cm³/mol. The molecule has 0 spiro atoms. The molecule has 0 unspecified atom stereocenters. The number of amidine groups is 1. The van der Waals surface area contributed by atoms with E-state index in [1.54, 1.807) is 30.1 Å². The van der Waals surface area contributed by atoms with Crippen LogP contribution in [-0.2, 0) is 0 Å². The first-order valence-corrected chi connectivity index (χ1v) is 10.3. The van der Waals surface area contributed by atoms with E-state index in [0.29, 0.717) is 5.25 Å². The second kappa shape index (κ2) is 7.04. The Morgan fingerprint density at radius 2 is 2.07 bits per heavy atom. The Labute approximate surface area is 172 Å². The van der Waals surface area contributed by atoms with E-state index < -0.39 is 0 Å². The van der Waals surface area contributed by atoms with Crippen molar-refractivity contribution in [1.29, 1.82) is 0 Å². The zero-order valence-electron chi connectivity index (χ0n) is 15.8. The normalized spacial score (nSPS) is 23.1. The van der Waals surface area contributed by atoms with Crippen LogP contribution in [0.25, 0.3) is 5.69 Å². The molecule has 0 N–H and O–H groups in total. The number of fused-ring (bicyclic) bond motifs is 1. The highest BCUT2D eigenvalue weighted by molar-refractivity contribution is 8.14. The number of benzene rings is 1. The van der Waals surface area contributed by atoms with Gasteiger partial charge in [0, 0.05) is 42.0 Å². The van der Waals surface area contributed by atoms with E-state index in [4.69, 9.17) is 4.99 Å². The van der Waals surface area contributed by atoms with Crippen molar-refractivity contribution < 1.29 is 4.92 Å². The summed E-state index contributed by atoms with van der Waals surface area (Å²) in [6.45, 7) is 3.12. The summed E-state index contributed by atoms with van der Waals surface area (Å²) in [7, 11) is 0.